The lowest BCUT2D eigenvalue weighted by molar-refractivity contribution is 0.407. The molecular formula is C11H14FNOS. The van der Waals surface area contributed by atoms with Gasteiger partial charge in [0.1, 0.15) is 11.6 Å². The van der Waals surface area contributed by atoms with Crippen molar-refractivity contribution in [2.24, 2.45) is 5.73 Å². The molecule has 0 aliphatic carbocycles. The van der Waals surface area contributed by atoms with E-state index in [9.17, 15) is 4.39 Å². The highest BCUT2D eigenvalue weighted by molar-refractivity contribution is 7.99. The molecule has 2 N–H and O–H groups in total. The van der Waals surface area contributed by atoms with Gasteiger partial charge in [-0.1, -0.05) is 0 Å². The second kappa shape index (κ2) is 4.41. The summed E-state index contributed by atoms with van der Waals surface area (Å²) in [5, 5.41) is 0.269. The van der Waals surface area contributed by atoms with Crippen molar-refractivity contribution in [2.45, 2.75) is 17.7 Å². The normalized spacial score (nSPS) is 25.5. The SMILES string of the molecule is COc1ccc(F)cc1C1CC(N)CS1. The van der Waals surface area contributed by atoms with Crippen LogP contribution < -0.4 is 10.5 Å². The van der Waals surface area contributed by atoms with Crippen LogP contribution in [0, 0.1) is 5.82 Å². The molecule has 15 heavy (non-hydrogen) atoms. The molecule has 1 saturated heterocycles. The minimum Gasteiger partial charge on any atom is -0.496 e. The van der Waals surface area contributed by atoms with E-state index >= 15 is 0 Å². The first-order chi connectivity index (χ1) is 7.20. The number of hydrogen-bond donors (Lipinski definition) is 1. The summed E-state index contributed by atoms with van der Waals surface area (Å²) in [6.07, 6.45) is 0.893. The number of ether oxygens (including phenoxy) is 1. The average Bonchev–Trinajstić information content (AvgIpc) is 2.65. The minimum absolute atomic E-state index is 0.216. The lowest BCUT2D eigenvalue weighted by Gasteiger charge is -2.13. The highest BCUT2D eigenvalue weighted by atomic mass is 32.2. The topological polar surface area (TPSA) is 35.2 Å². The van der Waals surface area contributed by atoms with E-state index in [0.29, 0.717) is 0 Å². The Morgan fingerprint density at radius 2 is 2.33 bits per heavy atom. The fourth-order valence-corrected chi connectivity index (χ4v) is 3.19. The van der Waals surface area contributed by atoms with E-state index in [-0.39, 0.29) is 17.1 Å². The Morgan fingerprint density at radius 1 is 1.53 bits per heavy atom. The minimum atomic E-state index is -0.216. The van der Waals surface area contributed by atoms with Crippen molar-refractivity contribution >= 4 is 11.8 Å². The van der Waals surface area contributed by atoms with Crippen molar-refractivity contribution in [3.05, 3.63) is 29.6 Å². The molecule has 82 valence electrons. The Hall–Kier alpha value is -0.740. The molecule has 2 atom stereocenters. The monoisotopic (exact) mass is 227 g/mol. The van der Waals surface area contributed by atoms with E-state index in [1.54, 1.807) is 31.0 Å². The molecule has 1 aromatic rings. The number of nitrogens with two attached hydrogens (primary N) is 1. The largest absolute Gasteiger partial charge is 0.496 e. The van der Waals surface area contributed by atoms with Crippen molar-refractivity contribution in [2.75, 3.05) is 12.9 Å². The van der Waals surface area contributed by atoms with Crippen LogP contribution in [0.2, 0.25) is 0 Å². The van der Waals surface area contributed by atoms with Crippen LogP contribution in [-0.4, -0.2) is 18.9 Å². The van der Waals surface area contributed by atoms with Gasteiger partial charge in [0.25, 0.3) is 0 Å². The number of halogens is 1. The molecule has 1 aliphatic heterocycles. The zero-order valence-corrected chi connectivity index (χ0v) is 9.39. The summed E-state index contributed by atoms with van der Waals surface area (Å²) < 4.78 is 18.4. The quantitative estimate of drug-likeness (QED) is 0.842. The zero-order chi connectivity index (χ0) is 10.8. The maximum absolute atomic E-state index is 13.1. The predicted octanol–water partition coefficient (Wildman–Crippen LogP) is 2.34. The van der Waals surface area contributed by atoms with Gasteiger partial charge in [0.2, 0.25) is 0 Å². The fraction of sp³-hybridized carbons (Fsp3) is 0.455. The first-order valence-corrected chi connectivity index (χ1v) is 5.96. The summed E-state index contributed by atoms with van der Waals surface area (Å²) in [6.45, 7) is 0. The van der Waals surface area contributed by atoms with E-state index in [1.165, 1.54) is 6.07 Å². The van der Waals surface area contributed by atoms with Gasteiger partial charge in [0.15, 0.2) is 0 Å². The number of rotatable bonds is 2. The van der Waals surface area contributed by atoms with E-state index in [2.05, 4.69) is 0 Å². The van der Waals surface area contributed by atoms with Gasteiger partial charge < -0.3 is 10.5 Å². The second-order valence-electron chi connectivity index (χ2n) is 3.70. The molecule has 1 aliphatic rings. The molecule has 1 fully saturated rings. The first-order valence-electron chi connectivity index (χ1n) is 4.91. The van der Waals surface area contributed by atoms with E-state index < -0.39 is 0 Å². The third-order valence-electron chi connectivity index (χ3n) is 2.57. The van der Waals surface area contributed by atoms with Crippen LogP contribution in [0.1, 0.15) is 17.2 Å². The predicted molar refractivity (Wildman–Crippen MR) is 60.7 cm³/mol. The van der Waals surface area contributed by atoms with E-state index in [1.807, 2.05) is 0 Å². The zero-order valence-electron chi connectivity index (χ0n) is 8.57. The van der Waals surface area contributed by atoms with Gasteiger partial charge in [-0.2, -0.15) is 11.8 Å². The van der Waals surface area contributed by atoms with Gasteiger partial charge in [-0.3, -0.25) is 0 Å². The Morgan fingerprint density at radius 3 is 2.93 bits per heavy atom. The maximum Gasteiger partial charge on any atom is 0.123 e. The van der Waals surface area contributed by atoms with Crippen LogP contribution in [0.3, 0.4) is 0 Å². The first kappa shape index (κ1) is 10.8. The third kappa shape index (κ3) is 2.26. The second-order valence-corrected chi connectivity index (χ2v) is 4.94. The Labute approximate surface area is 93.0 Å². The number of methoxy groups -OCH3 is 1. The van der Waals surface area contributed by atoms with Gasteiger partial charge in [-0.15, -0.1) is 0 Å². The van der Waals surface area contributed by atoms with Crippen LogP contribution in [0.5, 0.6) is 5.75 Å². The molecule has 0 radical (unpaired) electrons. The molecule has 0 saturated carbocycles. The molecular weight excluding hydrogens is 213 g/mol. The molecule has 0 spiro atoms. The number of hydrogen-bond acceptors (Lipinski definition) is 3. The van der Waals surface area contributed by atoms with Crippen LogP contribution in [0.15, 0.2) is 18.2 Å². The summed E-state index contributed by atoms with van der Waals surface area (Å²) in [4.78, 5) is 0. The Kier molecular flexibility index (Phi) is 3.17. The van der Waals surface area contributed by atoms with Crippen LogP contribution in [-0.2, 0) is 0 Å². The lowest BCUT2D eigenvalue weighted by Crippen LogP contribution is -2.18. The van der Waals surface area contributed by atoms with Crippen molar-refractivity contribution in [3.8, 4) is 5.75 Å². The summed E-state index contributed by atoms with van der Waals surface area (Å²) in [7, 11) is 1.61. The molecule has 2 unspecified atom stereocenters. The maximum atomic E-state index is 13.1. The summed E-state index contributed by atoms with van der Waals surface area (Å²) in [6, 6.07) is 4.86. The highest BCUT2D eigenvalue weighted by Gasteiger charge is 2.26. The molecule has 2 nitrogen and oxygen atoms in total. The van der Waals surface area contributed by atoms with E-state index in [0.717, 1.165) is 23.5 Å². The lowest BCUT2D eigenvalue weighted by atomic mass is 10.1. The molecule has 1 heterocycles. The molecule has 0 bridgehead atoms. The standard InChI is InChI=1S/C11H14FNOS/c1-14-10-3-2-7(12)4-9(10)11-5-8(13)6-15-11/h2-4,8,11H,5-6,13H2,1H3. The van der Waals surface area contributed by atoms with Gasteiger partial charge in [-0.05, 0) is 24.6 Å². The van der Waals surface area contributed by atoms with Crippen molar-refractivity contribution < 1.29 is 9.13 Å². The van der Waals surface area contributed by atoms with Crippen molar-refractivity contribution in [1.29, 1.82) is 0 Å². The van der Waals surface area contributed by atoms with Gasteiger partial charge in [-0.25, -0.2) is 4.39 Å². The summed E-state index contributed by atoms with van der Waals surface area (Å²) >= 11 is 1.77. The highest BCUT2D eigenvalue weighted by Crippen LogP contribution is 2.43. The molecule has 0 amide bonds. The third-order valence-corrected chi connectivity index (χ3v) is 4.04. The van der Waals surface area contributed by atoms with Crippen LogP contribution >= 0.6 is 11.8 Å². The van der Waals surface area contributed by atoms with Gasteiger partial charge in [0.05, 0.1) is 7.11 Å². The summed E-state index contributed by atoms with van der Waals surface area (Å²) in [5.74, 6) is 1.47. The molecule has 2 rings (SSSR count). The fourth-order valence-electron chi connectivity index (χ4n) is 1.82. The van der Waals surface area contributed by atoms with Crippen LogP contribution in [0.4, 0.5) is 4.39 Å². The number of benzene rings is 1. The number of thioether (sulfide) groups is 1. The van der Waals surface area contributed by atoms with Gasteiger partial charge in [0, 0.05) is 22.6 Å². The van der Waals surface area contributed by atoms with Crippen molar-refractivity contribution in [3.63, 3.8) is 0 Å². The van der Waals surface area contributed by atoms with E-state index in [4.69, 9.17) is 10.5 Å². The van der Waals surface area contributed by atoms with Crippen molar-refractivity contribution in [1.82, 2.24) is 0 Å². The molecule has 0 aromatic heterocycles. The smallest absolute Gasteiger partial charge is 0.123 e. The van der Waals surface area contributed by atoms with Gasteiger partial charge >= 0.3 is 0 Å². The average molecular weight is 227 g/mol. The molecule has 4 heteroatoms. The molecule has 1 aromatic carbocycles. The Balaban J connectivity index is 2.29. The van der Waals surface area contributed by atoms with Crippen LogP contribution in [0.25, 0.3) is 0 Å². The Bertz CT molecular complexity index is 358. The summed E-state index contributed by atoms with van der Waals surface area (Å²) in [5.41, 5.74) is 6.76.